The fraction of sp³-hybridized carbons (Fsp3) is 0.192. The zero-order valence-electron chi connectivity index (χ0n) is 20.3. The number of nitrogens with two attached hydrogens (primary N) is 2. The van der Waals surface area contributed by atoms with Crippen molar-refractivity contribution in [3.63, 3.8) is 0 Å². The number of benzene rings is 2. The van der Waals surface area contributed by atoms with E-state index < -0.39 is 11.7 Å². The van der Waals surface area contributed by atoms with Crippen molar-refractivity contribution in [3.8, 4) is 22.7 Å². The van der Waals surface area contributed by atoms with Crippen molar-refractivity contribution in [2.24, 2.45) is 5.73 Å². The molecule has 0 radical (unpaired) electrons. The SMILES string of the molecule is COc1cc2onc(N)c2cc1-n1nc(C(N)=O)c2ccc(-c3ccc(N4CCCCC4=O)cn3)c(F)c21. The molecule has 0 aliphatic carbocycles. The van der Waals surface area contributed by atoms with Gasteiger partial charge in [0.2, 0.25) is 5.91 Å². The topological polar surface area (TPSA) is 155 Å². The van der Waals surface area contributed by atoms with E-state index in [1.165, 1.54) is 17.9 Å². The van der Waals surface area contributed by atoms with E-state index in [1.807, 2.05) is 0 Å². The molecule has 11 nitrogen and oxygen atoms in total. The first-order valence-corrected chi connectivity index (χ1v) is 11.9. The smallest absolute Gasteiger partial charge is 0.269 e. The van der Waals surface area contributed by atoms with Crippen LogP contribution in [0.3, 0.4) is 0 Å². The Morgan fingerprint density at radius 2 is 2.00 bits per heavy atom. The van der Waals surface area contributed by atoms with Crippen LogP contribution in [0.15, 0.2) is 47.1 Å². The van der Waals surface area contributed by atoms with E-state index in [-0.39, 0.29) is 39.6 Å². The zero-order valence-corrected chi connectivity index (χ0v) is 20.3. The molecule has 1 aliphatic heterocycles. The quantitative estimate of drug-likeness (QED) is 0.360. The number of nitrogen functional groups attached to an aromatic ring is 1. The van der Waals surface area contributed by atoms with Gasteiger partial charge in [-0.2, -0.15) is 5.10 Å². The number of piperidine rings is 1. The van der Waals surface area contributed by atoms with Gasteiger partial charge in [-0.05, 0) is 43.2 Å². The van der Waals surface area contributed by atoms with Gasteiger partial charge in [-0.1, -0.05) is 5.16 Å². The summed E-state index contributed by atoms with van der Waals surface area (Å²) in [4.78, 5) is 30.6. The van der Waals surface area contributed by atoms with Crippen molar-refractivity contribution in [3.05, 3.63) is 54.1 Å². The molecule has 1 saturated heterocycles. The number of carbonyl (C=O) groups excluding carboxylic acids is 2. The van der Waals surface area contributed by atoms with Crippen LogP contribution in [0.4, 0.5) is 15.9 Å². The summed E-state index contributed by atoms with van der Waals surface area (Å²) in [7, 11) is 1.44. The Kier molecular flexibility index (Phi) is 5.44. The van der Waals surface area contributed by atoms with E-state index in [0.29, 0.717) is 41.0 Å². The van der Waals surface area contributed by atoms with Crippen LogP contribution in [0.25, 0.3) is 38.8 Å². The number of ether oxygens (including phenoxy) is 1. The molecular formula is C26H22FN7O4. The van der Waals surface area contributed by atoms with Gasteiger partial charge in [0, 0.05) is 30.0 Å². The molecule has 38 heavy (non-hydrogen) atoms. The number of anilines is 2. The number of fused-ring (bicyclic) bond motifs is 2. The van der Waals surface area contributed by atoms with E-state index in [9.17, 15) is 9.59 Å². The second-order valence-electron chi connectivity index (χ2n) is 8.94. The standard InChI is InChI=1S/C26H22FN7O4/c1-37-20-11-19-16(25(28)32-38-19)10-18(20)34-24-15(23(31-34)26(29)36)7-6-14(22(24)27)17-8-5-13(12-30-17)33-9-3-2-4-21(33)35/h5-8,10-12H,2-4,9H2,1H3,(H2,28,32)(H2,29,36). The first kappa shape index (κ1) is 23.4. The lowest BCUT2D eigenvalue weighted by Gasteiger charge is -2.26. The third-order valence-electron chi connectivity index (χ3n) is 6.70. The summed E-state index contributed by atoms with van der Waals surface area (Å²) in [6, 6.07) is 9.62. The molecule has 6 rings (SSSR count). The third kappa shape index (κ3) is 3.60. The first-order chi connectivity index (χ1) is 18.4. The minimum absolute atomic E-state index is 0.000982. The Bertz CT molecular complexity index is 1740. The number of hydrogen-bond donors (Lipinski definition) is 2. The fourth-order valence-corrected chi connectivity index (χ4v) is 4.81. The van der Waals surface area contributed by atoms with Crippen LogP contribution in [-0.2, 0) is 4.79 Å². The van der Waals surface area contributed by atoms with Gasteiger partial charge >= 0.3 is 0 Å². The minimum Gasteiger partial charge on any atom is -0.494 e. The number of primary amides is 1. The molecule has 0 atom stereocenters. The first-order valence-electron chi connectivity index (χ1n) is 11.9. The maximum atomic E-state index is 16.2. The van der Waals surface area contributed by atoms with Gasteiger partial charge in [0.15, 0.2) is 22.9 Å². The van der Waals surface area contributed by atoms with Gasteiger partial charge in [-0.3, -0.25) is 14.6 Å². The molecule has 0 unspecified atom stereocenters. The van der Waals surface area contributed by atoms with Gasteiger partial charge in [0.05, 0.1) is 30.1 Å². The Labute approximate surface area is 214 Å². The van der Waals surface area contributed by atoms with Gasteiger partial charge in [0.1, 0.15) is 17.0 Å². The predicted octanol–water partition coefficient (Wildman–Crippen LogP) is 3.57. The maximum absolute atomic E-state index is 16.2. The number of methoxy groups -OCH3 is 1. The van der Waals surface area contributed by atoms with Crippen LogP contribution >= 0.6 is 0 Å². The molecule has 0 spiro atoms. The van der Waals surface area contributed by atoms with Gasteiger partial charge in [-0.25, -0.2) is 9.07 Å². The monoisotopic (exact) mass is 515 g/mol. The summed E-state index contributed by atoms with van der Waals surface area (Å²) in [5.74, 6) is -1.03. The highest BCUT2D eigenvalue weighted by molar-refractivity contribution is 6.06. The van der Waals surface area contributed by atoms with Crippen LogP contribution in [0.1, 0.15) is 29.8 Å². The molecule has 0 saturated carbocycles. The summed E-state index contributed by atoms with van der Waals surface area (Å²) in [5.41, 5.74) is 13.2. The second-order valence-corrected chi connectivity index (χ2v) is 8.94. The van der Waals surface area contributed by atoms with Crippen molar-refractivity contribution < 1.29 is 23.2 Å². The van der Waals surface area contributed by atoms with Crippen molar-refractivity contribution in [2.45, 2.75) is 19.3 Å². The van der Waals surface area contributed by atoms with E-state index in [0.717, 1.165) is 12.8 Å². The molecule has 1 aliphatic rings. The largest absolute Gasteiger partial charge is 0.494 e. The van der Waals surface area contributed by atoms with E-state index >= 15 is 4.39 Å². The highest BCUT2D eigenvalue weighted by Crippen LogP contribution is 2.37. The molecule has 2 aromatic carbocycles. The normalized spacial score (nSPS) is 13.9. The van der Waals surface area contributed by atoms with Crippen LogP contribution in [0.2, 0.25) is 0 Å². The molecule has 5 aromatic rings. The lowest BCUT2D eigenvalue weighted by Crippen LogP contribution is -2.35. The summed E-state index contributed by atoms with van der Waals surface area (Å²) in [5, 5.41) is 8.77. The maximum Gasteiger partial charge on any atom is 0.269 e. The zero-order chi connectivity index (χ0) is 26.6. The van der Waals surface area contributed by atoms with Crippen molar-refractivity contribution >= 4 is 45.2 Å². The van der Waals surface area contributed by atoms with Crippen molar-refractivity contribution in [1.29, 1.82) is 0 Å². The molecular weight excluding hydrogens is 493 g/mol. The second kappa shape index (κ2) is 8.83. The number of hydrogen-bond acceptors (Lipinski definition) is 8. The van der Waals surface area contributed by atoms with Crippen molar-refractivity contribution in [2.75, 3.05) is 24.3 Å². The van der Waals surface area contributed by atoms with E-state index in [2.05, 4.69) is 15.2 Å². The molecule has 2 amide bonds. The summed E-state index contributed by atoms with van der Waals surface area (Å²) in [6.07, 6.45) is 3.84. The molecule has 4 N–H and O–H groups in total. The Morgan fingerprint density at radius 3 is 2.71 bits per heavy atom. The summed E-state index contributed by atoms with van der Waals surface area (Å²) in [6.45, 7) is 0.623. The molecule has 192 valence electrons. The van der Waals surface area contributed by atoms with Gasteiger partial charge in [0.25, 0.3) is 5.91 Å². The average molecular weight is 516 g/mol. The minimum atomic E-state index is -0.820. The van der Waals surface area contributed by atoms with Crippen LogP contribution in [-0.4, -0.2) is 45.4 Å². The van der Waals surface area contributed by atoms with Crippen LogP contribution < -0.4 is 21.1 Å². The molecule has 3 aromatic heterocycles. The van der Waals surface area contributed by atoms with Crippen LogP contribution in [0, 0.1) is 5.82 Å². The third-order valence-corrected chi connectivity index (χ3v) is 6.70. The number of carbonyl (C=O) groups is 2. The highest BCUT2D eigenvalue weighted by atomic mass is 19.1. The van der Waals surface area contributed by atoms with E-state index in [1.54, 1.807) is 41.4 Å². The average Bonchev–Trinajstić information content (AvgIpc) is 3.49. The van der Waals surface area contributed by atoms with E-state index in [4.69, 9.17) is 20.7 Å². The number of nitrogens with zero attached hydrogens (tertiary/aromatic N) is 5. The van der Waals surface area contributed by atoms with Crippen molar-refractivity contribution in [1.82, 2.24) is 19.9 Å². The summed E-state index contributed by atoms with van der Waals surface area (Å²) >= 11 is 0. The predicted molar refractivity (Wildman–Crippen MR) is 138 cm³/mol. The molecule has 1 fully saturated rings. The summed E-state index contributed by atoms with van der Waals surface area (Å²) < 4.78 is 28.2. The Morgan fingerprint density at radius 1 is 1.16 bits per heavy atom. The Hall–Kier alpha value is -5.00. The number of halogens is 1. The number of pyridine rings is 1. The molecule has 4 heterocycles. The number of rotatable bonds is 5. The van der Waals surface area contributed by atoms with Gasteiger partial charge in [-0.15, -0.1) is 0 Å². The van der Waals surface area contributed by atoms with Crippen LogP contribution in [0.5, 0.6) is 5.75 Å². The highest BCUT2D eigenvalue weighted by Gasteiger charge is 2.25. The fourth-order valence-electron chi connectivity index (χ4n) is 4.81. The number of aromatic nitrogens is 4. The lowest BCUT2D eigenvalue weighted by atomic mass is 10.1. The Balaban J connectivity index is 1.53. The number of amides is 2. The van der Waals surface area contributed by atoms with Gasteiger partial charge < -0.3 is 25.6 Å². The molecule has 12 heteroatoms. The lowest BCUT2D eigenvalue weighted by molar-refractivity contribution is -0.119. The molecule has 0 bridgehead atoms.